The Morgan fingerprint density at radius 2 is 1.81 bits per heavy atom. The summed E-state index contributed by atoms with van der Waals surface area (Å²) in [5, 5.41) is 17.9. The number of aliphatic hydroxyl groups is 1. The van der Waals surface area contributed by atoms with E-state index in [2.05, 4.69) is 30.8 Å². The SMILES string of the molecule is CC(=O)NCCNc1cc(NC(=O)CN2CCC(CCO)CC2)nc(-c2ccccc2)n1. The number of rotatable bonds is 10. The third-order valence-corrected chi connectivity index (χ3v) is 5.44. The number of amides is 2. The largest absolute Gasteiger partial charge is 0.396 e. The quantitative estimate of drug-likeness (QED) is 0.415. The summed E-state index contributed by atoms with van der Waals surface area (Å²) < 4.78 is 0. The first-order chi connectivity index (χ1) is 15.5. The maximum atomic E-state index is 12.7. The standard InChI is InChI=1S/C23H32N6O3/c1-17(31)24-10-11-25-20-15-21(28-23(27-20)19-5-3-2-4-6-19)26-22(32)16-29-12-7-18(8-13-29)9-14-30/h2-6,15,18,30H,7-14,16H2,1H3,(H,24,31)(H2,25,26,27,28,32). The number of piperidine rings is 1. The number of hydrogen-bond acceptors (Lipinski definition) is 7. The molecular weight excluding hydrogens is 408 g/mol. The molecule has 9 nitrogen and oxygen atoms in total. The van der Waals surface area contributed by atoms with Gasteiger partial charge in [0, 0.05) is 38.2 Å². The van der Waals surface area contributed by atoms with Gasteiger partial charge in [-0.15, -0.1) is 0 Å². The summed E-state index contributed by atoms with van der Waals surface area (Å²) in [7, 11) is 0. The second kappa shape index (κ2) is 12.1. The van der Waals surface area contributed by atoms with E-state index in [9.17, 15) is 9.59 Å². The first kappa shape index (κ1) is 23.6. The molecule has 0 spiro atoms. The Labute approximate surface area is 188 Å². The molecule has 0 aliphatic carbocycles. The van der Waals surface area contributed by atoms with Crippen molar-refractivity contribution in [3.8, 4) is 11.4 Å². The lowest BCUT2D eigenvalue weighted by Crippen LogP contribution is -2.39. The Hall–Kier alpha value is -3.04. The number of anilines is 2. The summed E-state index contributed by atoms with van der Waals surface area (Å²) in [4.78, 5) is 34.9. The number of hydrogen-bond donors (Lipinski definition) is 4. The Balaban J connectivity index is 1.64. The molecule has 2 aromatic rings. The van der Waals surface area contributed by atoms with Gasteiger partial charge in [0.1, 0.15) is 11.6 Å². The molecule has 4 N–H and O–H groups in total. The smallest absolute Gasteiger partial charge is 0.239 e. The van der Waals surface area contributed by atoms with Gasteiger partial charge < -0.3 is 21.1 Å². The van der Waals surface area contributed by atoms with E-state index in [1.54, 1.807) is 6.07 Å². The molecule has 1 aliphatic heterocycles. The van der Waals surface area contributed by atoms with Crippen LogP contribution in [0, 0.1) is 5.92 Å². The number of aromatic nitrogens is 2. The van der Waals surface area contributed by atoms with Gasteiger partial charge in [-0.05, 0) is 38.3 Å². The predicted octanol–water partition coefficient (Wildman–Crippen LogP) is 1.72. The highest BCUT2D eigenvalue weighted by Crippen LogP contribution is 2.21. The summed E-state index contributed by atoms with van der Waals surface area (Å²) in [5.41, 5.74) is 0.847. The number of carbonyl (C=O) groups is 2. The van der Waals surface area contributed by atoms with Crippen LogP contribution in [0.5, 0.6) is 0 Å². The van der Waals surface area contributed by atoms with Gasteiger partial charge >= 0.3 is 0 Å². The molecule has 1 aliphatic rings. The molecule has 0 unspecified atom stereocenters. The fraction of sp³-hybridized carbons (Fsp3) is 0.478. The van der Waals surface area contributed by atoms with Gasteiger partial charge in [-0.2, -0.15) is 0 Å². The Kier molecular flexibility index (Phi) is 8.94. The molecular formula is C23H32N6O3. The fourth-order valence-corrected chi connectivity index (χ4v) is 3.75. The van der Waals surface area contributed by atoms with E-state index in [-0.39, 0.29) is 18.4 Å². The minimum absolute atomic E-state index is 0.0900. The lowest BCUT2D eigenvalue weighted by atomic mass is 9.94. The van der Waals surface area contributed by atoms with Crippen LogP contribution in [0.3, 0.4) is 0 Å². The average molecular weight is 441 g/mol. The monoisotopic (exact) mass is 440 g/mol. The van der Waals surface area contributed by atoms with Crippen LogP contribution in [0.2, 0.25) is 0 Å². The maximum Gasteiger partial charge on any atom is 0.239 e. The lowest BCUT2D eigenvalue weighted by Gasteiger charge is -2.31. The summed E-state index contributed by atoms with van der Waals surface area (Å²) in [5.74, 6) is 1.85. The van der Waals surface area contributed by atoms with E-state index >= 15 is 0 Å². The van der Waals surface area contributed by atoms with E-state index in [1.807, 2.05) is 30.3 Å². The highest BCUT2D eigenvalue weighted by atomic mass is 16.3. The molecule has 0 bridgehead atoms. The van der Waals surface area contributed by atoms with E-state index in [1.165, 1.54) is 6.92 Å². The van der Waals surface area contributed by atoms with Crippen molar-refractivity contribution in [3.63, 3.8) is 0 Å². The number of benzene rings is 1. The van der Waals surface area contributed by atoms with Crippen molar-refractivity contribution in [2.24, 2.45) is 5.92 Å². The third kappa shape index (κ3) is 7.58. The van der Waals surface area contributed by atoms with Crippen molar-refractivity contribution in [3.05, 3.63) is 36.4 Å². The zero-order chi connectivity index (χ0) is 22.8. The van der Waals surface area contributed by atoms with Crippen LogP contribution in [0.15, 0.2) is 36.4 Å². The molecule has 2 amide bonds. The highest BCUT2D eigenvalue weighted by Gasteiger charge is 2.21. The number of likely N-dealkylation sites (tertiary alicyclic amines) is 1. The van der Waals surface area contributed by atoms with Gasteiger partial charge in [-0.3, -0.25) is 14.5 Å². The van der Waals surface area contributed by atoms with E-state index in [4.69, 9.17) is 5.11 Å². The van der Waals surface area contributed by atoms with Crippen molar-refractivity contribution in [2.45, 2.75) is 26.2 Å². The van der Waals surface area contributed by atoms with Crippen molar-refractivity contribution < 1.29 is 14.7 Å². The number of nitrogens with one attached hydrogen (secondary N) is 3. The zero-order valence-electron chi connectivity index (χ0n) is 18.5. The van der Waals surface area contributed by atoms with E-state index in [0.717, 1.165) is 37.9 Å². The molecule has 172 valence electrons. The van der Waals surface area contributed by atoms with Gasteiger partial charge in [0.2, 0.25) is 11.8 Å². The molecule has 0 radical (unpaired) electrons. The van der Waals surface area contributed by atoms with Crippen molar-refractivity contribution in [1.29, 1.82) is 0 Å². The summed E-state index contributed by atoms with van der Waals surface area (Å²) in [6.07, 6.45) is 2.84. The van der Waals surface area contributed by atoms with Crippen LogP contribution in [-0.2, 0) is 9.59 Å². The second-order valence-electron chi connectivity index (χ2n) is 8.02. The third-order valence-electron chi connectivity index (χ3n) is 5.44. The minimum Gasteiger partial charge on any atom is -0.396 e. The molecule has 9 heteroatoms. The molecule has 1 aromatic carbocycles. The first-order valence-corrected chi connectivity index (χ1v) is 11.1. The van der Waals surface area contributed by atoms with Crippen molar-refractivity contribution >= 4 is 23.5 Å². The minimum atomic E-state index is -0.118. The lowest BCUT2D eigenvalue weighted by molar-refractivity contribution is -0.119. The Bertz CT molecular complexity index is 885. The van der Waals surface area contributed by atoms with E-state index in [0.29, 0.717) is 43.0 Å². The average Bonchev–Trinajstić information content (AvgIpc) is 2.78. The Morgan fingerprint density at radius 1 is 1.09 bits per heavy atom. The van der Waals surface area contributed by atoms with Crippen LogP contribution in [0.4, 0.5) is 11.6 Å². The molecule has 1 fully saturated rings. The first-order valence-electron chi connectivity index (χ1n) is 11.1. The Morgan fingerprint density at radius 3 is 2.50 bits per heavy atom. The molecule has 1 saturated heterocycles. The number of carbonyl (C=O) groups excluding carboxylic acids is 2. The van der Waals surface area contributed by atoms with Gasteiger partial charge in [-0.1, -0.05) is 30.3 Å². The molecule has 0 saturated carbocycles. The van der Waals surface area contributed by atoms with Gasteiger partial charge in [0.15, 0.2) is 5.82 Å². The highest BCUT2D eigenvalue weighted by molar-refractivity contribution is 5.92. The summed E-state index contributed by atoms with van der Waals surface area (Å²) in [6, 6.07) is 11.3. The van der Waals surface area contributed by atoms with Crippen molar-refractivity contribution in [1.82, 2.24) is 20.2 Å². The number of aliphatic hydroxyl groups excluding tert-OH is 1. The van der Waals surface area contributed by atoms with Gasteiger partial charge in [0.05, 0.1) is 6.54 Å². The molecule has 2 heterocycles. The zero-order valence-corrected chi connectivity index (χ0v) is 18.5. The van der Waals surface area contributed by atoms with Crippen LogP contribution in [0.1, 0.15) is 26.2 Å². The summed E-state index contributed by atoms with van der Waals surface area (Å²) in [6.45, 7) is 4.68. The fourth-order valence-electron chi connectivity index (χ4n) is 3.75. The molecule has 1 aromatic heterocycles. The topological polar surface area (TPSA) is 119 Å². The van der Waals surface area contributed by atoms with Crippen LogP contribution < -0.4 is 16.0 Å². The van der Waals surface area contributed by atoms with E-state index < -0.39 is 0 Å². The second-order valence-corrected chi connectivity index (χ2v) is 8.02. The number of nitrogens with zero attached hydrogens (tertiary/aromatic N) is 3. The van der Waals surface area contributed by atoms with Crippen molar-refractivity contribution in [2.75, 3.05) is 50.0 Å². The van der Waals surface area contributed by atoms with Crippen LogP contribution >= 0.6 is 0 Å². The molecule has 0 atom stereocenters. The predicted molar refractivity (Wildman–Crippen MR) is 124 cm³/mol. The van der Waals surface area contributed by atoms with Gasteiger partial charge in [0.25, 0.3) is 0 Å². The molecule has 32 heavy (non-hydrogen) atoms. The molecule has 3 rings (SSSR count). The maximum absolute atomic E-state index is 12.7. The summed E-state index contributed by atoms with van der Waals surface area (Å²) >= 11 is 0. The van der Waals surface area contributed by atoms with Gasteiger partial charge in [-0.25, -0.2) is 9.97 Å². The van der Waals surface area contributed by atoms with Crippen LogP contribution in [0.25, 0.3) is 11.4 Å². The van der Waals surface area contributed by atoms with Crippen LogP contribution in [-0.4, -0.2) is 71.1 Å². The normalized spacial score (nSPS) is 14.7.